The molecule has 1 N–H and O–H groups in total. The van der Waals surface area contributed by atoms with E-state index in [-0.39, 0.29) is 0 Å². The van der Waals surface area contributed by atoms with Gasteiger partial charge in [0.1, 0.15) is 0 Å². The fourth-order valence-corrected chi connectivity index (χ4v) is 1.62. The quantitative estimate of drug-likeness (QED) is 0.794. The largest absolute Gasteiger partial charge is 0.313 e. The number of nitrogens with one attached hydrogen (secondary N) is 1. The van der Waals surface area contributed by atoms with Gasteiger partial charge in [-0.1, -0.05) is 49.8 Å². The summed E-state index contributed by atoms with van der Waals surface area (Å²) in [7, 11) is 0. The van der Waals surface area contributed by atoms with Crippen molar-refractivity contribution in [3.05, 3.63) is 41.0 Å². The van der Waals surface area contributed by atoms with Gasteiger partial charge in [0.2, 0.25) is 0 Å². The van der Waals surface area contributed by atoms with Gasteiger partial charge in [-0.2, -0.15) is 0 Å². The van der Waals surface area contributed by atoms with Crippen molar-refractivity contribution in [1.82, 2.24) is 5.32 Å². The molecule has 0 aliphatic carbocycles. The predicted molar refractivity (Wildman–Crippen MR) is 72.5 cm³/mol. The lowest BCUT2D eigenvalue weighted by atomic mass is 10.1. The lowest BCUT2D eigenvalue weighted by Gasteiger charge is -2.08. The molecule has 1 nitrogen and oxygen atoms in total. The smallest absolute Gasteiger partial charge is 0.0165 e. The van der Waals surface area contributed by atoms with E-state index in [2.05, 4.69) is 63.4 Å². The molecule has 1 aromatic carbocycles. The fourth-order valence-electron chi connectivity index (χ4n) is 1.62. The van der Waals surface area contributed by atoms with Crippen molar-refractivity contribution in [2.24, 2.45) is 5.92 Å². The molecule has 0 spiro atoms. The van der Waals surface area contributed by atoms with Crippen molar-refractivity contribution in [3.63, 3.8) is 0 Å². The van der Waals surface area contributed by atoms with Crippen molar-refractivity contribution in [2.45, 2.75) is 27.7 Å². The maximum atomic E-state index is 3.46. The van der Waals surface area contributed by atoms with Gasteiger partial charge in [0, 0.05) is 6.54 Å². The Bertz CT molecular complexity index is 350. The second kappa shape index (κ2) is 6.49. The molecule has 0 saturated heterocycles. The standard InChI is InChI=1S/C15H23N/c1-12(2)10-16-11-13(3)9-15-8-6-5-7-14(15)4/h5-9,12,16H,10-11H2,1-4H3. The highest BCUT2D eigenvalue weighted by molar-refractivity contribution is 5.56. The van der Waals surface area contributed by atoms with Gasteiger partial charge in [-0.15, -0.1) is 0 Å². The summed E-state index contributed by atoms with van der Waals surface area (Å²) in [5, 5.41) is 3.46. The Labute approximate surface area is 99.6 Å². The minimum Gasteiger partial charge on any atom is -0.313 e. The first-order valence-corrected chi connectivity index (χ1v) is 6.03. The molecule has 0 amide bonds. The monoisotopic (exact) mass is 217 g/mol. The second-order valence-corrected chi connectivity index (χ2v) is 4.87. The van der Waals surface area contributed by atoms with Crippen molar-refractivity contribution in [3.8, 4) is 0 Å². The third kappa shape index (κ3) is 4.63. The molecule has 0 aromatic heterocycles. The highest BCUT2D eigenvalue weighted by Gasteiger charge is 1.96. The Hall–Kier alpha value is -1.08. The van der Waals surface area contributed by atoms with Crippen LogP contribution in [0.25, 0.3) is 6.08 Å². The maximum absolute atomic E-state index is 3.46. The summed E-state index contributed by atoms with van der Waals surface area (Å²) in [4.78, 5) is 0. The molecule has 0 fully saturated rings. The number of rotatable bonds is 5. The molecule has 0 aliphatic rings. The number of benzene rings is 1. The Morgan fingerprint density at radius 2 is 2.00 bits per heavy atom. The van der Waals surface area contributed by atoms with E-state index in [0.29, 0.717) is 5.92 Å². The SMILES string of the molecule is CC(=Cc1ccccc1C)CNCC(C)C. The zero-order valence-corrected chi connectivity index (χ0v) is 10.9. The van der Waals surface area contributed by atoms with E-state index in [1.165, 1.54) is 16.7 Å². The van der Waals surface area contributed by atoms with Crippen LogP contribution in [0.3, 0.4) is 0 Å². The first-order valence-electron chi connectivity index (χ1n) is 6.03. The minimum absolute atomic E-state index is 0.714. The zero-order chi connectivity index (χ0) is 12.0. The third-order valence-corrected chi connectivity index (χ3v) is 2.55. The summed E-state index contributed by atoms with van der Waals surface area (Å²) in [5.41, 5.74) is 4.05. The molecule has 0 radical (unpaired) electrons. The van der Waals surface area contributed by atoms with Crippen LogP contribution in [0.1, 0.15) is 31.9 Å². The van der Waals surface area contributed by atoms with Crippen LogP contribution in [-0.4, -0.2) is 13.1 Å². The topological polar surface area (TPSA) is 12.0 Å². The average molecular weight is 217 g/mol. The van der Waals surface area contributed by atoms with Crippen molar-refractivity contribution in [2.75, 3.05) is 13.1 Å². The van der Waals surface area contributed by atoms with Gasteiger partial charge in [0.25, 0.3) is 0 Å². The molecule has 0 aliphatic heterocycles. The molecule has 0 bridgehead atoms. The number of hydrogen-bond acceptors (Lipinski definition) is 1. The van der Waals surface area contributed by atoms with E-state index in [1.54, 1.807) is 0 Å². The Morgan fingerprint density at radius 3 is 2.62 bits per heavy atom. The molecule has 0 saturated carbocycles. The molecule has 0 heterocycles. The van der Waals surface area contributed by atoms with Gasteiger partial charge >= 0.3 is 0 Å². The summed E-state index contributed by atoms with van der Waals surface area (Å²) >= 11 is 0. The van der Waals surface area contributed by atoms with Gasteiger partial charge in [-0.3, -0.25) is 0 Å². The van der Waals surface area contributed by atoms with E-state index < -0.39 is 0 Å². The highest BCUT2D eigenvalue weighted by Crippen LogP contribution is 2.11. The molecule has 1 aromatic rings. The zero-order valence-electron chi connectivity index (χ0n) is 10.9. The van der Waals surface area contributed by atoms with Crippen LogP contribution in [0.4, 0.5) is 0 Å². The normalized spacial score (nSPS) is 12.2. The van der Waals surface area contributed by atoms with Crippen LogP contribution in [0.5, 0.6) is 0 Å². The Balaban J connectivity index is 2.53. The summed E-state index contributed by atoms with van der Waals surface area (Å²) in [6.45, 7) is 10.9. The fraction of sp³-hybridized carbons (Fsp3) is 0.467. The molecule has 1 heteroatoms. The van der Waals surface area contributed by atoms with Gasteiger partial charge in [0.15, 0.2) is 0 Å². The molecule has 88 valence electrons. The number of aryl methyl sites for hydroxylation is 1. The van der Waals surface area contributed by atoms with Gasteiger partial charge in [-0.25, -0.2) is 0 Å². The van der Waals surface area contributed by atoms with Crippen molar-refractivity contribution in [1.29, 1.82) is 0 Å². The Morgan fingerprint density at radius 1 is 1.31 bits per heavy atom. The predicted octanol–water partition coefficient (Wildman–Crippen LogP) is 3.64. The van der Waals surface area contributed by atoms with E-state index in [4.69, 9.17) is 0 Å². The summed E-state index contributed by atoms with van der Waals surface area (Å²) in [6.07, 6.45) is 2.27. The summed E-state index contributed by atoms with van der Waals surface area (Å²) in [5.74, 6) is 0.714. The van der Waals surface area contributed by atoms with Gasteiger partial charge in [-0.05, 0) is 37.4 Å². The molecule has 0 unspecified atom stereocenters. The third-order valence-electron chi connectivity index (χ3n) is 2.55. The Kier molecular flexibility index (Phi) is 5.27. The van der Waals surface area contributed by atoms with Crippen LogP contribution in [0.2, 0.25) is 0 Å². The average Bonchev–Trinajstić information content (AvgIpc) is 2.21. The van der Waals surface area contributed by atoms with E-state index in [9.17, 15) is 0 Å². The molecule has 16 heavy (non-hydrogen) atoms. The van der Waals surface area contributed by atoms with Gasteiger partial charge in [0.05, 0.1) is 0 Å². The van der Waals surface area contributed by atoms with E-state index in [1.807, 2.05) is 0 Å². The molecular formula is C15H23N. The number of hydrogen-bond donors (Lipinski definition) is 1. The van der Waals surface area contributed by atoms with Crippen molar-refractivity contribution < 1.29 is 0 Å². The van der Waals surface area contributed by atoms with Crippen LogP contribution in [0.15, 0.2) is 29.8 Å². The molecule has 0 atom stereocenters. The minimum atomic E-state index is 0.714. The summed E-state index contributed by atoms with van der Waals surface area (Å²) < 4.78 is 0. The maximum Gasteiger partial charge on any atom is 0.0165 e. The van der Waals surface area contributed by atoms with E-state index in [0.717, 1.165) is 13.1 Å². The van der Waals surface area contributed by atoms with E-state index >= 15 is 0 Å². The van der Waals surface area contributed by atoms with Crippen molar-refractivity contribution >= 4 is 6.08 Å². The highest BCUT2D eigenvalue weighted by atomic mass is 14.8. The molecular weight excluding hydrogens is 194 g/mol. The van der Waals surface area contributed by atoms with Gasteiger partial charge < -0.3 is 5.32 Å². The van der Waals surface area contributed by atoms with Crippen LogP contribution in [-0.2, 0) is 0 Å². The first kappa shape index (κ1) is 13.0. The first-order chi connectivity index (χ1) is 7.59. The van der Waals surface area contributed by atoms with Crippen LogP contribution >= 0.6 is 0 Å². The second-order valence-electron chi connectivity index (χ2n) is 4.87. The van der Waals surface area contributed by atoms with Crippen LogP contribution < -0.4 is 5.32 Å². The lowest BCUT2D eigenvalue weighted by Crippen LogP contribution is -2.21. The van der Waals surface area contributed by atoms with Crippen LogP contribution in [0, 0.1) is 12.8 Å². The molecule has 1 rings (SSSR count). The lowest BCUT2D eigenvalue weighted by molar-refractivity contribution is 0.572. The summed E-state index contributed by atoms with van der Waals surface area (Å²) in [6, 6.07) is 8.49.